The molecular weight excluding hydrogens is 328 g/mol. The predicted molar refractivity (Wildman–Crippen MR) is 104 cm³/mol. The Morgan fingerprint density at radius 1 is 1.15 bits per heavy atom. The van der Waals surface area contributed by atoms with Crippen molar-refractivity contribution >= 4 is 17.4 Å². The van der Waals surface area contributed by atoms with E-state index in [1.165, 1.54) is 0 Å². The van der Waals surface area contributed by atoms with E-state index in [2.05, 4.69) is 0 Å². The minimum absolute atomic E-state index is 0.266. The van der Waals surface area contributed by atoms with Crippen molar-refractivity contribution < 1.29 is 14.7 Å². The highest BCUT2D eigenvalue weighted by Crippen LogP contribution is 2.28. The number of Topliss-reactive ketones (excluding diaryl/α,β-unsaturated/α-hetero) is 2. The molecule has 5 nitrogen and oxygen atoms in total. The van der Waals surface area contributed by atoms with Gasteiger partial charge in [0.15, 0.2) is 0 Å². The van der Waals surface area contributed by atoms with Crippen LogP contribution in [0.5, 0.6) is 0 Å². The lowest BCUT2D eigenvalue weighted by Crippen LogP contribution is -2.28. The standard InChI is InChI=1S/C21H31N2O3/c1-5-13(4)19(25)20(26)17-12-14(9-11-18(24)21(22)23)8-10-16(17)15(6-2)7-3/h8,10,12-13,18,24H,5-7,9,11H2,1-4H3,(H3,22,23). The number of hydrogen-bond acceptors (Lipinski definition) is 4. The first-order chi connectivity index (χ1) is 12.3. The first kappa shape index (κ1) is 22.0. The minimum Gasteiger partial charge on any atom is -0.385 e. The molecule has 2 unspecified atom stereocenters. The minimum atomic E-state index is -0.996. The lowest BCUT2D eigenvalue weighted by atomic mass is 9.84. The highest BCUT2D eigenvalue weighted by molar-refractivity contribution is 6.44. The summed E-state index contributed by atoms with van der Waals surface area (Å²) in [6, 6.07) is 5.57. The molecule has 0 spiro atoms. The Balaban J connectivity index is 3.22. The fraction of sp³-hybridized carbons (Fsp3) is 0.524. The Kier molecular flexibility index (Phi) is 8.66. The maximum Gasteiger partial charge on any atom is 0.229 e. The summed E-state index contributed by atoms with van der Waals surface area (Å²) in [6.45, 7) is 7.75. The van der Waals surface area contributed by atoms with E-state index < -0.39 is 11.9 Å². The molecule has 0 heterocycles. The average Bonchev–Trinajstić information content (AvgIpc) is 2.65. The fourth-order valence-electron chi connectivity index (χ4n) is 2.87. The molecule has 0 saturated heterocycles. The first-order valence-electron chi connectivity index (χ1n) is 9.35. The molecule has 1 rings (SSSR count). The topological polar surface area (TPSA) is 104 Å². The molecule has 0 aromatic heterocycles. The molecule has 1 aromatic carbocycles. The van der Waals surface area contributed by atoms with Crippen LogP contribution in [0.25, 0.3) is 0 Å². The molecule has 4 N–H and O–H groups in total. The third-order valence-electron chi connectivity index (χ3n) is 4.91. The van der Waals surface area contributed by atoms with Crippen LogP contribution in [0.2, 0.25) is 0 Å². The molecule has 1 aromatic rings. The Hall–Kier alpha value is -2.01. The Morgan fingerprint density at radius 2 is 1.77 bits per heavy atom. The van der Waals surface area contributed by atoms with Crippen molar-refractivity contribution in [1.29, 1.82) is 5.41 Å². The predicted octanol–water partition coefficient (Wildman–Crippen LogP) is 3.46. The van der Waals surface area contributed by atoms with Gasteiger partial charge in [-0.3, -0.25) is 15.0 Å². The molecule has 2 atom stereocenters. The molecular formula is C21H31N2O3. The number of aliphatic hydroxyl groups is 1. The van der Waals surface area contributed by atoms with Gasteiger partial charge in [0.1, 0.15) is 11.9 Å². The molecule has 0 aliphatic carbocycles. The van der Waals surface area contributed by atoms with Crippen molar-refractivity contribution in [3.8, 4) is 0 Å². The van der Waals surface area contributed by atoms with E-state index in [0.29, 0.717) is 24.8 Å². The maximum atomic E-state index is 12.8. The Labute approximate surface area is 156 Å². The van der Waals surface area contributed by atoms with Gasteiger partial charge >= 0.3 is 0 Å². The first-order valence-corrected chi connectivity index (χ1v) is 9.35. The van der Waals surface area contributed by atoms with Gasteiger partial charge in [-0.25, -0.2) is 0 Å². The van der Waals surface area contributed by atoms with Crippen LogP contribution in [-0.4, -0.2) is 28.6 Å². The molecule has 0 aliphatic heterocycles. The summed E-state index contributed by atoms with van der Waals surface area (Å²) < 4.78 is 0. The normalized spacial score (nSPS) is 13.5. The van der Waals surface area contributed by atoms with Gasteiger partial charge in [-0.15, -0.1) is 0 Å². The summed E-state index contributed by atoms with van der Waals surface area (Å²) in [7, 11) is 0. The van der Waals surface area contributed by atoms with Gasteiger partial charge in [-0.1, -0.05) is 39.8 Å². The molecule has 1 radical (unpaired) electrons. The largest absolute Gasteiger partial charge is 0.385 e. The van der Waals surface area contributed by atoms with E-state index in [9.17, 15) is 14.7 Å². The van der Waals surface area contributed by atoms with Gasteiger partial charge in [0.2, 0.25) is 11.6 Å². The van der Waals surface area contributed by atoms with Crippen LogP contribution in [0.3, 0.4) is 0 Å². The molecule has 0 aliphatic rings. The number of benzene rings is 1. The van der Waals surface area contributed by atoms with Crippen LogP contribution < -0.4 is 5.73 Å². The van der Waals surface area contributed by atoms with E-state index in [1.54, 1.807) is 13.0 Å². The molecule has 0 fully saturated rings. The van der Waals surface area contributed by atoms with E-state index in [1.807, 2.05) is 32.9 Å². The van der Waals surface area contributed by atoms with Crippen LogP contribution in [0.4, 0.5) is 0 Å². The van der Waals surface area contributed by atoms with E-state index in [4.69, 9.17) is 11.1 Å². The van der Waals surface area contributed by atoms with Crippen molar-refractivity contribution in [2.24, 2.45) is 11.7 Å². The van der Waals surface area contributed by atoms with Gasteiger partial charge < -0.3 is 10.8 Å². The van der Waals surface area contributed by atoms with Crippen molar-refractivity contribution in [2.45, 2.75) is 65.9 Å². The quantitative estimate of drug-likeness (QED) is 0.243. The third kappa shape index (κ3) is 5.49. The number of rotatable bonds is 11. The van der Waals surface area contributed by atoms with Gasteiger partial charge in [0.25, 0.3) is 0 Å². The number of amidine groups is 1. The summed E-state index contributed by atoms with van der Waals surface area (Å²) in [4.78, 5) is 25.3. The lowest BCUT2D eigenvalue weighted by molar-refractivity contribution is -0.118. The molecule has 143 valence electrons. The number of hydrogen-bond donors (Lipinski definition) is 3. The second-order valence-electron chi connectivity index (χ2n) is 6.70. The van der Waals surface area contributed by atoms with Gasteiger partial charge in [0, 0.05) is 17.4 Å². The van der Waals surface area contributed by atoms with Crippen molar-refractivity contribution in [3.05, 3.63) is 40.8 Å². The van der Waals surface area contributed by atoms with Gasteiger partial charge in [0.05, 0.1) is 0 Å². The fourth-order valence-corrected chi connectivity index (χ4v) is 2.87. The zero-order valence-electron chi connectivity index (χ0n) is 16.3. The Bertz CT molecular complexity index is 651. The SMILES string of the molecule is CC[C](CC)c1ccc(CCC(O)C(=N)N)cc1C(=O)C(=O)C(C)CC. The monoisotopic (exact) mass is 359 g/mol. The maximum absolute atomic E-state index is 12.8. The zero-order valence-corrected chi connectivity index (χ0v) is 16.3. The number of aryl methyl sites for hydroxylation is 1. The van der Waals surface area contributed by atoms with Crippen LogP contribution in [0, 0.1) is 17.2 Å². The van der Waals surface area contributed by atoms with Gasteiger partial charge in [-0.2, -0.15) is 0 Å². The molecule has 0 bridgehead atoms. The summed E-state index contributed by atoms with van der Waals surface area (Å²) >= 11 is 0. The van der Waals surface area contributed by atoms with Crippen LogP contribution >= 0.6 is 0 Å². The van der Waals surface area contributed by atoms with E-state index in [0.717, 1.165) is 29.9 Å². The second-order valence-corrected chi connectivity index (χ2v) is 6.70. The lowest BCUT2D eigenvalue weighted by Gasteiger charge is -2.18. The van der Waals surface area contributed by atoms with Crippen LogP contribution in [0.1, 0.15) is 74.9 Å². The Morgan fingerprint density at radius 3 is 2.27 bits per heavy atom. The number of ketones is 2. The highest BCUT2D eigenvalue weighted by atomic mass is 16.3. The number of nitrogens with one attached hydrogen (secondary N) is 1. The molecule has 0 saturated carbocycles. The van der Waals surface area contributed by atoms with Crippen molar-refractivity contribution in [3.63, 3.8) is 0 Å². The number of nitrogens with two attached hydrogens (primary N) is 1. The highest BCUT2D eigenvalue weighted by Gasteiger charge is 2.26. The number of carbonyl (C=O) groups is 2. The van der Waals surface area contributed by atoms with Crippen LogP contribution in [0.15, 0.2) is 18.2 Å². The molecule has 5 heteroatoms. The second kappa shape index (κ2) is 10.2. The summed E-state index contributed by atoms with van der Waals surface area (Å²) in [6.07, 6.45) is 2.05. The van der Waals surface area contributed by atoms with E-state index in [-0.39, 0.29) is 17.5 Å². The number of aliphatic hydroxyl groups excluding tert-OH is 1. The van der Waals surface area contributed by atoms with E-state index >= 15 is 0 Å². The summed E-state index contributed by atoms with van der Waals surface area (Å²) in [5.41, 5.74) is 7.43. The smallest absolute Gasteiger partial charge is 0.229 e. The van der Waals surface area contributed by atoms with Crippen LogP contribution in [-0.2, 0) is 11.2 Å². The summed E-state index contributed by atoms with van der Waals surface area (Å²) in [5.74, 6) is -0.229. The number of carbonyl (C=O) groups excluding carboxylic acids is 2. The average molecular weight is 359 g/mol. The van der Waals surface area contributed by atoms with Gasteiger partial charge in [-0.05, 0) is 49.3 Å². The van der Waals surface area contributed by atoms with Crippen molar-refractivity contribution in [1.82, 2.24) is 0 Å². The third-order valence-corrected chi connectivity index (χ3v) is 4.91. The molecule has 26 heavy (non-hydrogen) atoms. The van der Waals surface area contributed by atoms with Crippen molar-refractivity contribution in [2.75, 3.05) is 0 Å². The summed E-state index contributed by atoms with van der Waals surface area (Å²) in [5, 5.41) is 17.0. The zero-order chi connectivity index (χ0) is 19.9. The molecule has 0 amide bonds.